The van der Waals surface area contributed by atoms with Crippen molar-refractivity contribution in [1.29, 1.82) is 0 Å². The molecule has 1 aliphatic heterocycles. The molecule has 2 aromatic carbocycles. The standard InChI is InChI=1S/C26H29NO4/c1-2-3-10-23-25(21-9-5-6-11-22(21)31-23)26(29)19-12-14-20(15-13-19)30-18-24(28)27-16-7-4-8-17-27/h5-6,9,11-15H,2-4,7-8,10,16-18H2,1H3. The van der Waals surface area contributed by atoms with E-state index < -0.39 is 0 Å². The molecule has 4 rings (SSSR count). The Kier molecular flexibility index (Phi) is 6.70. The number of fused-ring (bicyclic) bond motifs is 1. The van der Waals surface area contributed by atoms with Crippen LogP contribution in [-0.4, -0.2) is 36.3 Å². The average Bonchev–Trinajstić information content (AvgIpc) is 3.20. The summed E-state index contributed by atoms with van der Waals surface area (Å²) in [6, 6.07) is 14.7. The van der Waals surface area contributed by atoms with Crippen molar-refractivity contribution in [2.45, 2.75) is 45.4 Å². The van der Waals surface area contributed by atoms with Crippen LogP contribution in [0.5, 0.6) is 5.75 Å². The molecule has 2 heterocycles. The van der Waals surface area contributed by atoms with E-state index in [2.05, 4.69) is 6.92 Å². The van der Waals surface area contributed by atoms with E-state index in [-0.39, 0.29) is 18.3 Å². The number of furan rings is 1. The topological polar surface area (TPSA) is 59.8 Å². The molecule has 0 spiro atoms. The van der Waals surface area contributed by atoms with Crippen LogP contribution in [0.3, 0.4) is 0 Å². The molecule has 0 unspecified atom stereocenters. The van der Waals surface area contributed by atoms with Gasteiger partial charge in [-0.3, -0.25) is 9.59 Å². The third-order valence-corrected chi connectivity index (χ3v) is 5.84. The highest BCUT2D eigenvalue weighted by Gasteiger charge is 2.22. The van der Waals surface area contributed by atoms with Gasteiger partial charge in [0.1, 0.15) is 17.1 Å². The molecule has 1 amide bonds. The van der Waals surface area contributed by atoms with E-state index in [0.29, 0.717) is 16.9 Å². The minimum atomic E-state index is -0.0491. The van der Waals surface area contributed by atoms with Crippen molar-refractivity contribution in [3.05, 3.63) is 65.4 Å². The summed E-state index contributed by atoms with van der Waals surface area (Å²) in [6.45, 7) is 3.78. The van der Waals surface area contributed by atoms with Gasteiger partial charge in [-0.1, -0.05) is 31.5 Å². The van der Waals surface area contributed by atoms with Crippen LogP contribution in [0.25, 0.3) is 11.0 Å². The number of rotatable bonds is 8. The van der Waals surface area contributed by atoms with E-state index in [1.165, 1.54) is 6.42 Å². The van der Waals surface area contributed by atoms with Crippen molar-refractivity contribution in [3.63, 3.8) is 0 Å². The molecule has 3 aromatic rings. The highest BCUT2D eigenvalue weighted by atomic mass is 16.5. The first kappa shape index (κ1) is 21.2. The number of piperidine rings is 1. The van der Waals surface area contributed by atoms with Crippen molar-refractivity contribution in [1.82, 2.24) is 4.90 Å². The number of para-hydroxylation sites is 1. The van der Waals surface area contributed by atoms with E-state index in [4.69, 9.17) is 9.15 Å². The van der Waals surface area contributed by atoms with Crippen LogP contribution in [0.1, 0.15) is 60.7 Å². The predicted octanol–water partition coefficient (Wildman–Crippen LogP) is 5.40. The Balaban J connectivity index is 1.47. The Morgan fingerprint density at radius 3 is 2.48 bits per heavy atom. The highest BCUT2D eigenvalue weighted by Crippen LogP contribution is 2.29. The molecule has 1 fully saturated rings. The molecule has 1 saturated heterocycles. The van der Waals surface area contributed by atoms with E-state index in [9.17, 15) is 9.59 Å². The molecule has 0 radical (unpaired) electrons. The summed E-state index contributed by atoms with van der Waals surface area (Å²) < 4.78 is 11.7. The Morgan fingerprint density at radius 1 is 1.00 bits per heavy atom. The summed E-state index contributed by atoms with van der Waals surface area (Å²) in [5.74, 6) is 1.31. The van der Waals surface area contributed by atoms with Crippen molar-refractivity contribution >= 4 is 22.7 Å². The molecule has 162 valence electrons. The zero-order valence-corrected chi connectivity index (χ0v) is 18.1. The second-order valence-corrected chi connectivity index (χ2v) is 8.08. The number of carbonyl (C=O) groups excluding carboxylic acids is 2. The molecular formula is C26H29NO4. The van der Waals surface area contributed by atoms with Gasteiger partial charge in [-0.05, 0) is 56.0 Å². The van der Waals surface area contributed by atoms with E-state index in [0.717, 1.165) is 61.9 Å². The van der Waals surface area contributed by atoms with E-state index in [1.54, 1.807) is 24.3 Å². The highest BCUT2D eigenvalue weighted by molar-refractivity contribution is 6.16. The molecule has 5 heteroatoms. The lowest BCUT2D eigenvalue weighted by Crippen LogP contribution is -2.38. The summed E-state index contributed by atoms with van der Waals surface area (Å²) >= 11 is 0. The van der Waals surface area contributed by atoms with Gasteiger partial charge in [0, 0.05) is 30.5 Å². The number of hydrogen-bond donors (Lipinski definition) is 0. The lowest BCUT2D eigenvalue weighted by Gasteiger charge is -2.26. The smallest absolute Gasteiger partial charge is 0.260 e. The maximum atomic E-state index is 13.3. The average molecular weight is 420 g/mol. The van der Waals surface area contributed by atoms with Crippen molar-refractivity contribution < 1.29 is 18.7 Å². The molecule has 0 bridgehead atoms. The summed E-state index contributed by atoms with van der Waals surface area (Å²) in [4.78, 5) is 27.5. The Labute approximate surface area is 183 Å². The molecule has 1 aromatic heterocycles. The van der Waals surface area contributed by atoms with Crippen LogP contribution in [0.15, 0.2) is 52.9 Å². The third kappa shape index (κ3) is 4.82. The van der Waals surface area contributed by atoms with Gasteiger partial charge >= 0.3 is 0 Å². The zero-order chi connectivity index (χ0) is 21.6. The number of amides is 1. The van der Waals surface area contributed by atoms with Crippen LogP contribution in [0.2, 0.25) is 0 Å². The first-order chi connectivity index (χ1) is 15.2. The summed E-state index contributed by atoms with van der Waals surface area (Å²) in [5.41, 5.74) is 1.98. The summed E-state index contributed by atoms with van der Waals surface area (Å²) in [7, 11) is 0. The number of unbranched alkanes of at least 4 members (excludes halogenated alkanes) is 1. The lowest BCUT2D eigenvalue weighted by molar-refractivity contribution is -0.134. The van der Waals surface area contributed by atoms with Gasteiger partial charge in [0.2, 0.25) is 0 Å². The second kappa shape index (κ2) is 9.82. The lowest BCUT2D eigenvalue weighted by atomic mass is 9.98. The van der Waals surface area contributed by atoms with Gasteiger partial charge in [-0.15, -0.1) is 0 Å². The molecular weight excluding hydrogens is 390 g/mol. The van der Waals surface area contributed by atoms with Crippen LogP contribution in [0.4, 0.5) is 0 Å². The van der Waals surface area contributed by atoms with Crippen LogP contribution < -0.4 is 4.74 Å². The monoisotopic (exact) mass is 419 g/mol. The molecule has 31 heavy (non-hydrogen) atoms. The van der Waals surface area contributed by atoms with Gasteiger partial charge in [-0.25, -0.2) is 0 Å². The molecule has 0 N–H and O–H groups in total. The molecule has 0 saturated carbocycles. The van der Waals surface area contributed by atoms with Crippen LogP contribution >= 0.6 is 0 Å². The fraction of sp³-hybridized carbons (Fsp3) is 0.385. The second-order valence-electron chi connectivity index (χ2n) is 8.08. The fourth-order valence-corrected chi connectivity index (χ4v) is 4.08. The SMILES string of the molecule is CCCCc1oc2ccccc2c1C(=O)c1ccc(OCC(=O)N2CCCCC2)cc1. The largest absolute Gasteiger partial charge is 0.484 e. The fourth-order valence-electron chi connectivity index (χ4n) is 4.08. The zero-order valence-electron chi connectivity index (χ0n) is 18.1. The van der Waals surface area contributed by atoms with Gasteiger partial charge in [0.05, 0.1) is 5.56 Å². The predicted molar refractivity (Wildman–Crippen MR) is 121 cm³/mol. The third-order valence-electron chi connectivity index (χ3n) is 5.84. The number of nitrogens with zero attached hydrogens (tertiary/aromatic N) is 1. The van der Waals surface area contributed by atoms with E-state index in [1.807, 2.05) is 29.2 Å². The number of ether oxygens (including phenoxy) is 1. The Morgan fingerprint density at radius 2 is 1.74 bits per heavy atom. The van der Waals surface area contributed by atoms with Gasteiger partial charge in [0.25, 0.3) is 5.91 Å². The van der Waals surface area contributed by atoms with Crippen LogP contribution in [-0.2, 0) is 11.2 Å². The number of benzene rings is 2. The summed E-state index contributed by atoms with van der Waals surface area (Å²) in [6.07, 6.45) is 6.06. The van der Waals surface area contributed by atoms with Crippen molar-refractivity contribution in [2.24, 2.45) is 0 Å². The Hall–Kier alpha value is -3.08. The quantitative estimate of drug-likeness (QED) is 0.459. The van der Waals surface area contributed by atoms with Gasteiger partial charge in [0.15, 0.2) is 12.4 Å². The number of aryl methyl sites for hydroxylation is 1. The number of carbonyl (C=O) groups is 2. The number of hydrogen-bond acceptors (Lipinski definition) is 4. The molecule has 0 atom stereocenters. The first-order valence-electron chi connectivity index (χ1n) is 11.2. The van der Waals surface area contributed by atoms with E-state index >= 15 is 0 Å². The maximum absolute atomic E-state index is 13.3. The van der Waals surface area contributed by atoms with Crippen LogP contribution in [0, 0.1) is 0 Å². The van der Waals surface area contributed by atoms with Gasteiger partial charge in [-0.2, -0.15) is 0 Å². The number of likely N-dealkylation sites (tertiary alicyclic amines) is 1. The maximum Gasteiger partial charge on any atom is 0.260 e. The molecule has 1 aliphatic rings. The minimum Gasteiger partial charge on any atom is -0.484 e. The first-order valence-corrected chi connectivity index (χ1v) is 11.2. The minimum absolute atomic E-state index is 0.0188. The van der Waals surface area contributed by atoms with Crippen molar-refractivity contribution in [3.8, 4) is 5.75 Å². The molecule has 5 nitrogen and oxygen atoms in total. The van der Waals surface area contributed by atoms with Gasteiger partial charge < -0.3 is 14.1 Å². The Bertz CT molecular complexity index is 1040. The number of ketones is 1. The summed E-state index contributed by atoms with van der Waals surface area (Å²) in [5, 5.41) is 0.853. The normalized spacial score (nSPS) is 14.0. The van der Waals surface area contributed by atoms with Crippen molar-refractivity contribution in [2.75, 3.05) is 19.7 Å². The molecule has 0 aliphatic carbocycles.